The summed E-state index contributed by atoms with van der Waals surface area (Å²) < 4.78 is 10.4. The van der Waals surface area contributed by atoms with E-state index in [0.29, 0.717) is 12.5 Å². The normalized spacial score (nSPS) is 13.6. The molecular weight excluding hydrogens is 166 g/mol. The third-order valence-corrected chi connectivity index (χ3v) is 1.64. The van der Waals surface area contributed by atoms with Gasteiger partial charge in [-0.3, -0.25) is 0 Å². The van der Waals surface area contributed by atoms with Crippen LogP contribution in [0.25, 0.3) is 0 Å². The maximum atomic E-state index is 5.48. The summed E-state index contributed by atoms with van der Waals surface area (Å²) in [6.45, 7) is 9.82. The Morgan fingerprint density at radius 2 is 1.92 bits per heavy atom. The minimum absolute atomic E-state index is 0.200. The molecule has 0 saturated carbocycles. The highest BCUT2D eigenvalue weighted by molar-refractivity contribution is 4.52. The van der Waals surface area contributed by atoms with Gasteiger partial charge in [0.05, 0.1) is 19.3 Å². The van der Waals surface area contributed by atoms with Crippen LogP contribution in [0.15, 0.2) is 0 Å². The number of hydrogen-bond acceptors (Lipinski definition) is 3. The lowest BCUT2D eigenvalue weighted by Gasteiger charge is -2.12. The van der Waals surface area contributed by atoms with Gasteiger partial charge in [0.15, 0.2) is 0 Å². The molecule has 0 amide bonds. The lowest BCUT2D eigenvalue weighted by Crippen LogP contribution is -2.26. The fourth-order valence-corrected chi connectivity index (χ4v) is 1.01. The predicted molar refractivity (Wildman–Crippen MR) is 55.0 cm³/mol. The van der Waals surface area contributed by atoms with Gasteiger partial charge >= 0.3 is 0 Å². The molecule has 0 aliphatic heterocycles. The molecular formula is C10H23NO2. The molecule has 80 valence electrons. The SMILES string of the molecule is COCC(C)OCCNCC(C)C. The maximum absolute atomic E-state index is 5.48. The van der Waals surface area contributed by atoms with Gasteiger partial charge in [0.25, 0.3) is 0 Å². The van der Waals surface area contributed by atoms with Crippen LogP contribution in [0.1, 0.15) is 20.8 Å². The molecule has 0 aromatic carbocycles. The Morgan fingerprint density at radius 1 is 1.23 bits per heavy atom. The van der Waals surface area contributed by atoms with Gasteiger partial charge in [-0.15, -0.1) is 0 Å². The summed E-state index contributed by atoms with van der Waals surface area (Å²) in [5, 5.41) is 3.32. The standard InChI is InChI=1S/C10H23NO2/c1-9(2)7-11-5-6-13-10(3)8-12-4/h9-11H,5-8H2,1-4H3. The van der Waals surface area contributed by atoms with E-state index in [1.807, 2.05) is 6.92 Å². The van der Waals surface area contributed by atoms with Crippen molar-refractivity contribution in [2.75, 3.05) is 33.4 Å². The van der Waals surface area contributed by atoms with Crippen LogP contribution in [0.5, 0.6) is 0 Å². The van der Waals surface area contributed by atoms with E-state index < -0.39 is 0 Å². The van der Waals surface area contributed by atoms with Gasteiger partial charge in [-0.1, -0.05) is 13.8 Å². The first-order valence-corrected chi connectivity index (χ1v) is 4.98. The molecule has 1 N–H and O–H groups in total. The fraction of sp³-hybridized carbons (Fsp3) is 1.00. The zero-order chi connectivity index (χ0) is 10.1. The van der Waals surface area contributed by atoms with Gasteiger partial charge in [0, 0.05) is 13.7 Å². The van der Waals surface area contributed by atoms with Gasteiger partial charge in [-0.25, -0.2) is 0 Å². The third-order valence-electron chi connectivity index (χ3n) is 1.64. The van der Waals surface area contributed by atoms with Crippen LogP contribution in [0, 0.1) is 5.92 Å². The average Bonchev–Trinajstić information content (AvgIpc) is 2.03. The second kappa shape index (κ2) is 8.48. The van der Waals surface area contributed by atoms with E-state index in [1.54, 1.807) is 7.11 Å². The molecule has 0 heterocycles. The van der Waals surface area contributed by atoms with Crippen molar-refractivity contribution >= 4 is 0 Å². The van der Waals surface area contributed by atoms with Gasteiger partial charge in [0.1, 0.15) is 0 Å². The Morgan fingerprint density at radius 3 is 2.46 bits per heavy atom. The maximum Gasteiger partial charge on any atom is 0.0780 e. The van der Waals surface area contributed by atoms with Crippen molar-refractivity contribution in [2.24, 2.45) is 5.92 Å². The van der Waals surface area contributed by atoms with Crippen molar-refractivity contribution in [3.63, 3.8) is 0 Å². The number of methoxy groups -OCH3 is 1. The van der Waals surface area contributed by atoms with Crippen LogP contribution >= 0.6 is 0 Å². The molecule has 0 aliphatic carbocycles. The van der Waals surface area contributed by atoms with Gasteiger partial charge in [-0.2, -0.15) is 0 Å². The van der Waals surface area contributed by atoms with E-state index in [0.717, 1.165) is 19.7 Å². The molecule has 0 spiro atoms. The second-order valence-electron chi connectivity index (χ2n) is 3.73. The Balaban J connectivity index is 3.06. The summed E-state index contributed by atoms with van der Waals surface area (Å²) in [7, 11) is 1.69. The number of nitrogens with one attached hydrogen (secondary N) is 1. The minimum Gasteiger partial charge on any atom is -0.382 e. The lowest BCUT2D eigenvalue weighted by atomic mass is 10.2. The molecule has 0 rings (SSSR count). The molecule has 0 saturated heterocycles. The first-order chi connectivity index (χ1) is 6.16. The highest BCUT2D eigenvalue weighted by Crippen LogP contribution is 1.90. The van der Waals surface area contributed by atoms with E-state index in [4.69, 9.17) is 9.47 Å². The summed E-state index contributed by atoms with van der Waals surface area (Å²) in [4.78, 5) is 0. The van der Waals surface area contributed by atoms with E-state index in [2.05, 4.69) is 19.2 Å². The van der Waals surface area contributed by atoms with E-state index in [9.17, 15) is 0 Å². The quantitative estimate of drug-likeness (QED) is 0.584. The zero-order valence-electron chi connectivity index (χ0n) is 9.30. The number of ether oxygens (including phenoxy) is 2. The smallest absolute Gasteiger partial charge is 0.0780 e. The molecule has 0 fully saturated rings. The Bertz CT molecular complexity index is 107. The predicted octanol–water partition coefficient (Wildman–Crippen LogP) is 1.28. The van der Waals surface area contributed by atoms with Crippen LogP contribution in [-0.4, -0.2) is 39.5 Å². The molecule has 0 aliphatic rings. The highest BCUT2D eigenvalue weighted by Gasteiger charge is 1.99. The Kier molecular flexibility index (Phi) is 8.40. The molecule has 0 aromatic rings. The summed E-state index contributed by atoms with van der Waals surface area (Å²) >= 11 is 0. The van der Waals surface area contributed by atoms with E-state index in [-0.39, 0.29) is 6.10 Å². The van der Waals surface area contributed by atoms with Crippen molar-refractivity contribution in [3.05, 3.63) is 0 Å². The summed E-state index contributed by atoms with van der Waals surface area (Å²) in [5.74, 6) is 0.705. The van der Waals surface area contributed by atoms with Gasteiger partial charge in [0.2, 0.25) is 0 Å². The number of hydrogen-bond donors (Lipinski definition) is 1. The van der Waals surface area contributed by atoms with Crippen LogP contribution in [0.2, 0.25) is 0 Å². The Hall–Kier alpha value is -0.120. The molecule has 0 aromatic heterocycles. The van der Waals surface area contributed by atoms with Crippen molar-refractivity contribution in [3.8, 4) is 0 Å². The fourth-order valence-electron chi connectivity index (χ4n) is 1.01. The third kappa shape index (κ3) is 9.80. The van der Waals surface area contributed by atoms with Crippen LogP contribution in [0.4, 0.5) is 0 Å². The molecule has 1 atom stereocenters. The summed E-state index contributed by atoms with van der Waals surface area (Å²) in [5.41, 5.74) is 0. The average molecular weight is 189 g/mol. The minimum atomic E-state index is 0.200. The lowest BCUT2D eigenvalue weighted by molar-refractivity contribution is 0.0106. The molecule has 3 heteroatoms. The molecule has 3 nitrogen and oxygen atoms in total. The zero-order valence-corrected chi connectivity index (χ0v) is 9.30. The van der Waals surface area contributed by atoms with Crippen molar-refractivity contribution < 1.29 is 9.47 Å². The molecule has 0 bridgehead atoms. The van der Waals surface area contributed by atoms with Crippen LogP contribution < -0.4 is 5.32 Å². The molecule has 0 radical (unpaired) electrons. The second-order valence-corrected chi connectivity index (χ2v) is 3.73. The Labute approximate surface area is 81.8 Å². The van der Waals surface area contributed by atoms with E-state index >= 15 is 0 Å². The first kappa shape index (κ1) is 12.9. The first-order valence-electron chi connectivity index (χ1n) is 4.98. The van der Waals surface area contributed by atoms with Gasteiger partial charge < -0.3 is 14.8 Å². The highest BCUT2D eigenvalue weighted by atomic mass is 16.5. The van der Waals surface area contributed by atoms with Crippen molar-refractivity contribution in [1.29, 1.82) is 0 Å². The topological polar surface area (TPSA) is 30.5 Å². The molecule has 13 heavy (non-hydrogen) atoms. The van der Waals surface area contributed by atoms with Crippen molar-refractivity contribution in [2.45, 2.75) is 26.9 Å². The summed E-state index contributed by atoms with van der Waals surface area (Å²) in [6, 6.07) is 0. The summed E-state index contributed by atoms with van der Waals surface area (Å²) in [6.07, 6.45) is 0.200. The van der Waals surface area contributed by atoms with Gasteiger partial charge in [-0.05, 0) is 19.4 Å². The monoisotopic (exact) mass is 189 g/mol. The molecule has 1 unspecified atom stereocenters. The van der Waals surface area contributed by atoms with Crippen LogP contribution in [-0.2, 0) is 9.47 Å². The van der Waals surface area contributed by atoms with E-state index in [1.165, 1.54) is 0 Å². The largest absolute Gasteiger partial charge is 0.382 e. The van der Waals surface area contributed by atoms with Crippen molar-refractivity contribution in [1.82, 2.24) is 5.32 Å². The van der Waals surface area contributed by atoms with Crippen LogP contribution in [0.3, 0.4) is 0 Å². The number of rotatable bonds is 8.